The van der Waals surface area contributed by atoms with Gasteiger partial charge in [0.1, 0.15) is 5.75 Å². The first-order valence-electron chi connectivity index (χ1n) is 9.14. The molecule has 3 heteroatoms. The summed E-state index contributed by atoms with van der Waals surface area (Å²) in [6.45, 7) is 4.32. The molecule has 3 nitrogen and oxygen atoms in total. The minimum atomic E-state index is -0.327. The van der Waals surface area contributed by atoms with Gasteiger partial charge in [-0.2, -0.15) is 0 Å². The Labute approximate surface area is 150 Å². The number of phenolic OH excluding ortho intramolecular Hbond substituents is 1. The molecule has 0 amide bonds. The van der Waals surface area contributed by atoms with Crippen LogP contribution in [0.15, 0.2) is 36.4 Å². The molecule has 2 aromatic carbocycles. The van der Waals surface area contributed by atoms with Gasteiger partial charge in [0.15, 0.2) is 0 Å². The second-order valence-electron chi connectivity index (χ2n) is 6.41. The van der Waals surface area contributed by atoms with E-state index < -0.39 is 0 Å². The van der Waals surface area contributed by atoms with Gasteiger partial charge in [-0.3, -0.25) is 0 Å². The third-order valence-corrected chi connectivity index (χ3v) is 4.52. The fourth-order valence-corrected chi connectivity index (χ4v) is 2.99. The van der Waals surface area contributed by atoms with E-state index in [-0.39, 0.29) is 5.97 Å². The van der Waals surface area contributed by atoms with Crippen molar-refractivity contribution in [2.24, 2.45) is 0 Å². The van der Waals surface area contributed by atoms with E-state index in [2.05, 4.69) is 19.9 Å². The zero-order valence-electron chi connectivity index (χ0n) is 15.5. The van der Waals surface area contributed by atoms with Crippen molar-refractivity contribution >= 4 is 5.97 Å². The molecule has 0 bridgehead atoms. The summed E-state index contributed by atoms with van der Waals surface area (Å²) in [6.07, 6.45) is 6.17. The van der Waals surface area contributed by atoms with Crippen molar-refractivity contribution in [3.63, 3.8) is 0 Å². The van der Waals surface area contributed by atoms with Crippen LogP contribution in [0.25, 0.3) is 11.1 Å². The zero-order valence-corrected chi connectivity index (χ0v) is 15.5. The number of hydrogen-bond donors (Lipinski definition) is 1. The average molecular weight is 340 g/mol. The maximum Gasteiger partial charge on any atom is 0.337 e. The minimum absolute atomic E-state index is 0.327. The number of esters is 1. The van der Waals surface area contributed by atoms with Gasteiger partial charge in [0.2, 0.25) is 0 Å². The highest BCUT2D eigenvalue weighted by molar-refractivity contribution is 5.90. The first-order chi connectivity index (χ1) is 12.1. The Balaban J connectivity index is 2.42. The lowest BCUT2D eigenvalue weighted by Gasteiger charge is -2.14. The molecule has 0 fully saturated rings. The van der Waals surface area contributed by atoms with Crippen LogP contribution in [0, 0.1) is 0 Å². The van der Waals surface area contributed by atoms with Gasteiger partial charge in [0.05, 0.1) is 12.7 Å². The van der Waals surface area contributed by atoms with Gasteiger partial charge < -0.3 is 9.84 Å². The van der Waals surface area contributed by atoms with Crippen molar-refractivity contribution in [3.05, 3.63) is 53.1 Å². The molecule has 0 radical (unpaired) electrons. The molecule has 0 aliphatic heterocycles. The van der Waals surface area contributed by atoms with Crippen LogP contribution in [0.4, 0.5) is 0 Å². The highest BCUT2D eigenvalue weighted by Gasteiger charge is 2.12. The summed E-state index contributed by atoms with van der Waals surface area (Å²) >= 11 is 0. The Morgan fingerprint density at radius 1 is 0.960 bits per heavy atom. The van der Waals surface area contributed by atoms with Crippen LogP contribution < -0.4 is 0 Å². The lowest BCUT2D eigenvalue weighted by Crippen LogP contribution is -2.01. The summed E-state index contributed by atoms with van der Waals surface area (Å²) < 4.78 is 4.77. The molecule has 0 heterocycles. The molecular formula is C22H28O3. The lowest BCUT2D eigenvalue weighted by molar-refractivity contribution is 0.0601. The van der Waals surface area contributed by atoms with E-state index in [1.165, 1.54) is 7.11 Å². The maximum absolute atomic E-state index is 11.6. The predicted molar refractivity (Wildman–Crippen MR) is 102 cm³/mol. The Bertz CT molecular complexity index is 702. The summed E-state index contributed by atoms with van der Waals surface area (Å²) in [4.78, 5) is 11.6. The SMILES string of the molecule is CCCCc1cc(-c2ccc(C(=O)OC)cc2)c(CCCC)cc1O. The number of carbonyl (C=O) groups is 1. The molecule has 2 aromatic rings. The van der Waals surface area contributed by atoms with E-state index in [1.807, 2.05) is 18.2 Å². The van der Waals surface area contributed by atoms with Gasteiger partial charge in [-0.25, -0.2) is 4.79 Å². The molecule has 2 rings (SSSR count). The molecule has 0 saturated carbocycles. The van der Waals surface area contributed by atoms with Crippen molar-refractivity contribution in [1.82, 2.24) is 0 Å². The van der Waals surface area contributed by atoms with Crippen molar-refractivity contribution in [1.29, 1.82) is 0 Å². The molecule has 134 valence electrons. The maximum atomic E-state index is 11.6. The van der Waals surface area contributed by atoms with Crippen LogP contribution in [0.5, 0.6) is 5.75 Å². The van der Waals surface area contributed by atoms with E-state index >= 15 is 0 Å². The number of unbranched alkanes of at least 4 members (excludes halogenated alkanes) is 2. The second-order valence-corrected chi connectivity index (χ2v) is 6.41. The van der Waals surface area contributed by atoms with Crippen molar-refractivity contribution < 1.29 is 14.6 Å². The smallest absolute Gasteiger partial charge is 0.337 e. The number of phenols is 1. The van der Waals surface area contributed by atoms with Crippen LogP contribution in [0.3, 0.4) is 0 Å². The number of aromatic hydroxyl groups is 1. The van der Waals surface area contributed by atoms with Crippen LogP contribution >= 0.6 is 0 Å². The number of ether oxygens (including phenoxy) is 1. The highest BCUT2D eigenvalue weighted by atomic mass is 16.5. The zero-order chi connectivity index (χ0) is 18.2. The summed E-state index contributed by atoms with van der Waals surface area (Å²) in [5.41, 5.74) is 4.91. The van der Waals surface area contributed by atoms with Crippen LogP contribution in [-0.4, -0.2) is 18.2 Å². The third-order valence-electron chi connectivity index (χ3n) is 4.52. The summed E-state index contributed by atoms with van der Waals surface area (Å²) in [5, 5.41) is 10.4. The molecule has 0 saturated heterocycles. The molecule has 0 aliphatic carbocycles. The Hall–Kier alpha value is -2.29. The molecule has 0 spiro atoms. The standard InChI is InChI=1S/C22H28O3/c1-4-6-8-18-15-21(23)19(9-7-5-2)14-20(18)16-10-12-17(13-11-16)22(24)25-3/h10-15,23H,4-9H2,1-3H3. The number of methoxy groups -OCH3 is 1. The van der Waals surface area contributed by atoms with Crippen molar-refractivity contribution in [2.45, 2.75) is 52.4 Å². The molecular weight excluding hydrogens is 312 g/mol. The first-order valence-corrected chi connectivity index (χ1v) is 9.14. The number of aryl methyl sites for hydroxylation is 2. The molecule has 0 aliphatic rings. The topological polar surface area (TPSA) is 46.5 Å². The molecule has 1 N–H and O–H groups in total. The van der Waals surface area contributed by atoms with E-state index in [0.717, 1.165) is 60.8 Å². The fourth-order valence-electron chi connectivity index (χ4n) is 2.99. The van der Waals surface area contributed by atoms with Crippen molar-refractivity contribution in [3.8, 4) is 16.9 Å². The van der Waals surface area contributed by atoms with Gasteiger partial charge in [-0.1, -0.05) is 38.8 Å². The molecule has 0 atom stereocenters. The third kappa shape index (κ3) is 4.85. The van der Waals surface area contributed by atoms with Crippen LogP contribution in [0.1, 0.15) is 61.0 Å². The van der Waals surface area contributed by atoms with E-state index in [9.17, 15) is 9.90 Å². The Morgan fingerprint density at radius 2 is 1.56 bits per heavy atom. The summed E-state index contributed by atoms with van der Waals surface area (Å²) in [7, 11) is 1.39. The normalized spacial score (nSPS) is 10.7. The summed E-state index contributed by atoms with van der Waals surface area (Å²) in [6, 6.07) is 11.5. The van der Waals surface area contributed by atoms with Crippen molar-refractivity contribution in [2.75, 3.05) is 7.11 Å². The predicted octanol–water partition coefficient (Wildman–Crippen LogP) is 5.53. The number of benzene rings is 2. The van der Waals surface area contributed by atoms with Gasteiger partial charge in [0.25, 0.3) is 0 Å². The van der Waals surface area contributed by atoms with Crippen LogP contribution in [-0.2, 0) is 17.6 Å². The van der Waals surface area contributed by atoms with Gasteiger partial charge in [-0.05, 0) is 72.2 Å². The molecule has 0 aromatic heterocycles. The molecule has 0 unspecified atom stereocenters. The first kappa shape index (κ1) is 19.0. The quantitative estimate of drug-likeness (QED) is 0.643. The Kier molecular flexibility index (Phi) is 7.05. The highest BCUT2D eigenvalue weighted by Crippen LogP contribution is 2.32. The summed E-state index contributed by atoms with van der Waals surface area (Å²) in [5.74, 6) is 0.0709. The monoisotopic (exact) mass is 340 g/mol. The van der Waals surface area contributed by atoms with Crippen LogP contribution in [0.2, 0.25) is 0 Å². The van der Waals surface area contributed by atoms with Gasteiger partial charge in [0, 0.05) is 0 Å². The number of hydrogen-bond acceptors (Lipinski definition) is 3. The van der Waals surface area contributed by atoms with Gasteiger partial charge >= 0.3 is 5.97 Å². The van der Waals surface area contributed by atoms with E-state index in [4.69, 9.17) is 4.74 Å². The number of carbonyl (C=O) groups excluding carboxylic acids is 1. The Morgan fingerprint density at radius 3 is 2.12 bits per heavy atom. The largest absolute Gasteiger partial charge is 0.508 e. The van der Waals surface area contributed by atoms with E-state index in [1.54, 1.807) is 12.1 Å². The molecule has 25 heavy (non-hydrogen) atoms. The fraction of sp³-hybridized carbons (Fsp3) is 0.409. The average Bonchev–Trinajstić information content (AvgIpc) is 2.65. The number of rotatable bonds is 8. The second kappa shape index (κ2) is 9.26. The lowest BCUT2D eigenvalue weighted by atomic mass is 9.92. The minimum Gasteiger partial charge on any atom is -0.508 e. The van der Waals surface area contributed by atoms with Gasteiger partial charge in [-0.15, -0.1) is 0 Å². The van der Waals surface area contributed by atoms with E-state index in [0.29, 0.717) is 11.3 Å².